The van der Waals surface area contributed by atoms with Crippen LogP contribution in [0.4, 0.5) is 0 Å². The smallest absolute Gasteiger partial charge is 0.251 e. The molecule has 1 heterocycles. The molecule has 1 unspecified atom stereocenters. The van der Waals surface area contributed by atoms with Gasteiger partial charge in [0, 0.05) is 25.2 Å². The van der Waals surface area contributed by atoms with Crippen LogP contribution < -0.4 is 10.1 Å². The van der Waals surface area contributed by atoms with Crippen LogP contribution in [0.1, 0.15) is 47.3 Å². The van der Waals surface area contributed by atoms with Crippen LogP contribution in [0, 0.1) is 0 Å². The lowest BCUT2D eigenvalue weighted by Crippen LogP contribution is -2.43. The summed E-state index contributed by atoms with van der Waals surface area (Å²) in [5.74, 6) is 1.10. The van der Waals surface area contributed by atoms with E-state index in [0.29, 0.717) is 23.8 Å². The third-order valence-electron chi connectivity index (χ3n) is 5.26. The van der Waals surface area contributed by atoms with Crippen molar-refractivity contribution in [2.45, 2.75) is 25.8 Å². The highest BCUT2D eigenvalue weighted by Crippen LogP contribution is 2.24. The summed E-state index contributed by atoms with van der Waals surface area (Å²) < 4.78 is 10.7. The van der Waals surface area contributed by atoms with E-state index in [0.717, 1.165) is 26.3 Å². The molecular formula is C23H31ClN2O3. The molecule has 0 aromatic heterocycles. The molecule has 0 bridgehead atoms. The van der Waals surface area contributed by atoms with Gasteiger partial charge in [-0.15, -0.1) is 12.4 Å². The predicted octanol–water partition coefficient (Wildman–Crippen LogP) is 4.04. The van der Waals surface area contributed by atoms with E-state index in [1.165, 1.54) is 11.1 Å². The number of hydrogen-bond acceptors (Lipinski definition) is 4. The monoisotopic (exact) mass is 418 g/mol. The van der Waals surface area contributed by atoms with E-state index in [1.54, 1.807) is 19.2 Å². The van der Waals surface area contributed by atoms with E-state index < -0.39 is 0 Å². The summed E-state index contributed by atoms with van der Waals surface area (Å²) in [7, 11) is 1.60. The third-order valence-corrected chi connectivity index (χ3v) is 5.26. The summed E-state index contributed by atoms with van der Waals surface area (Å²) in [5.41, 5.74) is 3.15. The molecule has 1 N–H and O–H groups in total. The standard InChI is InChI=1S/C23H30N2O3.ClH/c1-17(2)18-7-9-19(10-8-18)22(25-11-13-28-14-12-25)16-24-23(26)20-5-4-6-21(15-20)27-3;/h4-10,15,17,22H,11-14,16H2,1-3H3,(H,24,26);1H. The number of halogens is 1. The highest BCUT2D eigenvalue weighted by atomic mass is 35.5. The third kappa shape index (κ3) is 6.20. The molecule has 1 aliphatic rings. The summed E-state index contributed by atoms with van der Waals surface area (Å²) in [6.07, 6.45) is 0. The van der Waals surface area contributed by atoms with Crippen molar-refractivity contribution in [1.82, 2.24) is 10.2 Å². The highest BCUT2D eigenvalue weighted by Gasteiger charge is 2.23. The Bertz CT molecular complexity index is 774. The molecule has 1 atom stereocenters. The van der Waals surface area contributed by atoms with Crippen LogP contribution in [-0.4, -0.2) is 50.8 Å². The van der Waals surface area contributed by atoms with Gasteiger partial charge in [-0.2, -0.15) is 0 Å². The lowest BCUT2D eigenvalue weighted by Gasteiger charge is -2.35. The minimum Gasteiger partial charge on any atom is -0.497 e. The molecule has 1 fully saturated rings. The number of amides is 1. The van der Waals surface area contributed by atoms with Crippen LogP contribution >= 0.6 is 12.4 Å². The first kappa shape index (κ1) is 23.2. The van der Waals surface area contributed by atoms with Crippen LogP contribution in [-0.2, 0) is 4.74 Å². The maximum atomic E-state index is 12.7. The maximum Gasteiger partial charge on any atom is 0.251 e. The van der Waals surface area contributed by atoms with Crippen molar-refractivity contribution >= 4 is 18.3 Å². The number of rotatable bonds is 7. The zero-order valence-corrected chi connectivity index (χ0v) is 18.2. The van der Waals surface area contributed by atoms with Gasteiger partial charge in [-0.1, -0.05) is 44.2 Å². The van der Waals surface area contributed by atoms with Gasteiger partial charge in [0.05, 0.1) is 26.4 Å². The van der Waals surface area contributed by atoms with Gasteiger partial charge in [0.2, 0.25) is 0 Å². The molecule has 1 amide bonds. The average molecular weight is 419 g/mol. The van der Waals surface area contributed by atoms with Crippen molar-refractivity contribution in [2.75, 3.05) is 40.0 Å². The van der Waals surface area contributed by atoms with Gasteiger partial charge in [0.1, 0.15) is 5.75 Å². The van der Waals surface area contributed by atoms with Crippen molar-refractivity contribution < 1.29 is 14.3 Å². The predicted molar refractivity (Wildman–Crippen MR) is 118 cm³/mol. The van der Waals surface area contributed by atoms with Crippen molar-refractivity contribution in [3.8, 4) is 5.75 Å². The number of nitrogens with one attached hydrogen (secondary N) is 1. The summed E-state index contributed by atoms with van der Waals surface area (Å²) >= 11 is 0. The second kappa shape index (κ2) is 11.2. The lowest BCUT2D eigenvalue weighted by atomic mass is 9.98. The Kier molecular flexibility index (Phi) is 8.96. The Morgan fingerprint density at radius 3 is 2.38 bits per heavy atom. The molecule has 2 aromatic rings. The van der Waals surface area contributed by atoms with Gasteiger partial charge in [-0.05, 0) is 35.2 Å². The fourth-order valence-corrected chi connectivity index (χ4v) is 3.51. The number of nitrogens with zero attached hydrogens (tertiary/aromatic N) is 1. The van der Waals surface area contributed by atoms with Gasteiger partial charge in [-0.3, -0.25) is 9.69 Å². The van der Waals surface area contributed by atoms with Crippen molar-refractivity contribution in [2.24, 2.45) is 0 Å². The molecule has 2 aromatic carbocycles. The SMILES string of the molecule is COc1cccc(C(=O)NCC(c2ccc(C(C)C)cc2)N2CCOCC2)c1.Cl. The fraction of sp³-hybridized carbons (Fsp3) is 0.435. The largest absolute Gasteiger partial charge is 0.497 e. The summed E-state index contributed by atoms with van der Waals surface area (Å²) in [6.45, 7) is 8.13. The van der Waals surface area contributed by atoms with Crippen LogP contribution in [0.15, 0.2) is 48.5 Å². The number of hydrogen-bond donors (Lipinski definition) is 1. The molecule has 29 heavy (non-hydrogen) atoms. The molecule has 6 heteroatoms. The van der Waals surface area contributed by atoms with Crippen LogP contribution in [0.2, 0.25) is 0 Å². The highest BCUT2D eigenvalue weighted by molar-refractivity contribution is 5.94. The zero-order valence-electron chi connectivity index (χ0n) is 17.4. The van der Waals surface area contributed by atoms with Gasteiger partial charge in [0.25, 0.3) is 5.91 Å². The van der Waals surface area contributed by atoms with Gasteiger partial charge in [-0.25, -0.2) is 0 Å². The van der Waals surface area contributed by atoms with Crippen molar-refractivity contribution in [3.05, 3.63) is 65.2 Å². The first-order valence-corrected chi connectivity index (χ1v) is 9.92. The lowest BCUT2D eigenvalue weighted by molar-refractivity contribution is 0.0162. The minimum absolute atomic E-state index is 0. The molecule has 3 rings (SSSR count). The van der Waals surface area contributed by atoms with Crippen molar-refractivity contribution in [1.29, 1.82) is 0 Å². The number of carbonyl (C=O) groups excluding carboxylic acids is 1. The summed E-state index contributed by atoms with van der Waals surface area (Å²) in [6, 6.07) is 16.1. The van der Waals surface area contributed by atoms with Crippen LogP contribution in [0.5, 0.6) is 5.75 Å². The first-order chi connectivity index (χ1) is 13.6. The summed E-state index contributed by atoms with van der Waals surface area (Å²) in [5, 5.41) is 3.11. The van der Waals surface area contributed by atoms with Gasteiger partial charge in [0.15, 0.2) is 0 Å². The Morgan fingerprint density at radius 2 is 1.76 bits per heavy atom. The Labute approximate surface area is 179 Å². The normalized spacial score (nSPS) is 15.4. The van der Waals surface area contributed by atoms with Gasteiger partial charge >= 0.3 is 0 Å². The molecule has 1 aliphatic heterocycles. The number of ether oxygens (including phenoxy) is 2. The number of benzene rings is 2. The average Bonchev–Trinajstić information content (AvgIpc) is 2.75. The number of morpholine rings is 1. The quantitative estimate of drug-likeness (QED) is 0.737. The molecule has 0 radical (unpaired) electrons. The van der Waals surface area contributed by atoms with E-state index in [4.69, 9.17) is 9.47 Å². The topological polar surface area (TPSA) is 50.8 Å². The zero-order chi connectivity index (χ0) is 19.9. The summed E-state index contributed by atoms with van der Waals surface area (Å²) in [4.78, 5) is 15.1. The molecular weight excluding hydrogens is 388 g/mol. The molecule has 5 nitrogen and oxygen atoms in total. The first-order valence-electron chi connectivity index (χ1n) is 9.92. The van der Waals surface area contributed by atoms with E-state index in [2.05, 4.69) is 48.3 Å². The van der Waals surface area contributed by atoms with E-state index in [1.807, 2.05) is 12.1 Å². The van der Waals surface area contributed by atoms with E-state index in [-0.39, 0.29) is 24.4 Å². The second-order valence-electron chi connectivity index (χ2n) is 7.43. The Hall–Kier alpha value is -2.08. The molecule has 158 valence electrons. The van der Waals surface area contributed by atoms with Gasteiger partial charge < -0.3 is 14.8 Å². The number of methoxy groups -OCH3 is 1. The van der Waals surface area contributed by atoms with Crippen LogP contribution in [0.25, 0.3) is 0 Å². The maximum absolute atomic E-state index is 12.7. The number of carbonyl (C=O) groups is 1. The fourth-order valence-electron chi connectivity index (χ4n) is 3.51. The molecule has 0 spiro atoms. The van der Waals surface area contributed by atoms with E-state index >= 15 is 0 Å². The minimum atomic E-state index is -0.0871. The Morgan fingerprint density at radius 1 is 1.10 bits per heavy atom. The van der Waals surface area contributed by atoms with Crippen molar-refractivity contribution in [3.63, 3.8) is 0 Å². The second-order valence-corrected chi connectivity index (χ2v) is 7.43. The molecule has 0 aliphatic carbocycles. The molecule has 1 saturated heterocycles. The van der Waals surface area contributed by atoms with Crippen LogP contribution in [0.3, 0.4) is 0 Å². The molecule has 0 saturated carbocycles. The Balaban J connectivity index is 0.00000300. The van der Waals surface area contributed by atoms with E-state index in [9.17, 15) is 4.79 Å².